The van der Waals surface area contributed by atoms with E-state index in [2.05, 4.69) is 50.3 Å². The second-order valence-corrected chi connectivity index (χ2v) is 19.9. The molecule has 0 heterocycles. The number of carbonyl (C=O) groups is 3. The van der Waals surface area contributed by atoms with Crippen LogP contribution in [0.2, 0.25) is 0 Å². The molecule has 380 valence electrons. The number of ether oxygens (including phenoxy) is 3. The number of carboxylic acids is 1. The van der Waals surface area contributed by atoms with Gasteiger partial charge in [0.15, 0.2) is 6.10 Å². The van der Waals surface area contributed by atoms with E-state index < -0.39 is 18.1 Å². The normalized spacial score (nSPS) is 13.1. The van der Waals surface area contributed by atoms with Crippen molar-refractivity contribution in [3.63, 3.8) is 0 Å². The highest BCUT2D eigenvalue weighted by Crippen LogP contribution is 2.17. The minimum atomic E-state index is -1.13. The number of esters is 2. The molecule has 8 nitrogen and oxygen atoms in total. The van der Waals surface area contributed by atoms with Crippen LogP contribution in [-0.4, -0.2) is 75.5 Å². The number of carbonyl (C=O) groups excluding carboxylic acids is 3. The summed E-state index contributed by atoms with van der Waals surface area (Å²) < 4.78 is 17.3. The van der Waals surface area contributed by atoms with E-state index in [9.17, 15) is 19.5 Å². The number of likely N-dealkylation sites (N-methyl/N-ethyl adjacent to an activating group) is 1. The maximum absolute atomic E-state index is 12.8. The smallest absolute Gasteiger partial charge is 0.306 e. The van der Waals surface area contributed by atoms with Crippen LogP contribution in [0.25, 0.3) is 0 Å². The molecule has 0 aromatic carbocycles. The second kappa shape index (κ2) is 48.0. The molecule has 0 N–H and O–H groups in total. The summed E-state index contributed by atoms with van der Waals surface area (Å²) in [5, 5.41) is 11.7. The van der Waals surface area contributed by atoms with Crippen LogP contribution in [0.15, 0.2) is 36.5 Å². The number of carboxylic acid groups (broad SMARTS) is 1. The highest BCUT2D eigenvalue weighted by molar-refractivity contribution is 5.70. The Balaban J connectivity index is 4.19. The number of quaternary nitrogens is 1. The first-order valence-electron chi connectivity index (χ1n) is 27.5. The minimum absolute atomic E-state index is 0.0352. The topological polar surface area (TPSA) is 102 Å². The Morgan fingerprint density at radius 2 is 0.815 bits per heavy atom. The molecule has 0 fully saturated rings. The van der Waals surface area contributed by atoms with Crippen LogP contribution in [0.5, 0.6) is 0 Å². The van der Waals surface area contributed by atoms with E-state index in [1.165, 1.54) is 161 Å². The molecule has 0 aliphatic heterocycles. The largest absolute Gasteiger partial charge is 0.544 e. The molecular weight excluding hydrogens is 811 g/mol. The zero-order valence-electron chi connectivity index (χ0n) is 43.4. The van der Waals surface area contributed by atoms with Gasteiger partial charge in [0.1, 0.15) is 12.6 Å². The molecule has 0 aromatic rings. The van der Waals surface area contributed by atoms with Crippen molar-refractivity contribution in [1.82, 2.24) is 0 Å². The average Bonchev–Trinajstić information content (AvgIpc) is 3.27. The predicted molar refractivity (Wildman–Crippen MR) is 273 cm³/mol. The lowest BCUT2D eigenvalue weighted by Gasteiger charge is -2.34. The van der Waals surface area contributed by atoms with Gasteiger partial charge in [-0.05, 0) is 38.5 Å². The molecule has 2 unspecified atom stereocenters. The van der Waals surface area contributed by atoms with E-state index >= 15 is 0 Å². The zero-order chi connectivity index (χ0) is 47.7. The highest BCUT2D eigenvalue weighted by Gasteiger charge is 2.25. The molecule has 0 aromatic heterocycles. The quantitative estimate of drug-likeness (QED) is 0.0259. The van der Waals surface area contributed by atoms with Gasteiger partial charge in [0, 0.05) is 19.3 Å². The molecular formula is C57H105NO7. The van der Waals surface area contributed by atoms with E-state index in [0.717, 1.165) is 64.2 Å². The van der Waals surface area contributed by atoms with Crippen LogP contribution in [0.3, 0.4) is 0 Å². The van der Waals surface area contributed by atoms with Crippen LogP contribution in [0.4, 0.5) is 0 Å². The molecule has 0 radical (unpaired) electrons. The third-order valence-electron chi connectivity index (χ3n) is 12.6. The Morgan fingerprint density at radius 3 is 1.18 bits per heavy atom. The molecule has 0 bridgehead atoms. The SMILES string of the molecule is CCCCCCC/C=C/C=C/C=C/CCCCCCCC(=O)OC(COCCC(C(=O)[O-])[N+](C)(C)C)COC(=O)CCCCCCCCCCCCCCCCCCCCCCCCC. The monoisotopic (exact) mass is 916 g/mol. The maximum Gasteiger partial charge on any atom is 0.306 e. The third kappa shape index (κ3) is 46.4. The van der Waals surface area contributed by atoms with E-state index in [0.29, 0.717) is 12.8 Å². The van der Waals surface area contributed by atoms with Crippen molar-refractivity contribution in [2.24, 2.45) is 0 Å². The Hall–Kier alpha value is -2.45. The van der Waals surface area contributed by atoms with E-state index in [1.54, 1.807) is 21.1 Å². The van der Waals surface area contributed by atoms with Crippen LogP contribution in [-0.2, 0) is 28.6 Å². The molecule has 0 aliphatic carbocycles. The lowest BCUT2D eigenvalue weighted by molar-refractivity contribution is -0.889. The first-order valence-corrected chi connectivity index (χ1v) is 27.5. The summed E-state index contributed by atoms with van der Waals surface area (Å²) in [5.74, 6) is -1.74. The lowest BCUT2D eigenvalue weighted by atomic mass is 10.0. The minimum Gasteiger partial charge on any atom is -0.544 e. The number of rotatable bonds is 50. The zero-order valence-corrected chi connectivity index (χ0v) is 43.4. The molecule has 8 heteroatoms. The predicted octanol–water partition coefficient (Wildman–Crippen LogP) is 14.8. The third-order valence-corrected chi connectivity index (χ3v) is 12.6. The first-order chi connectivity index (χ1) is 31.6. The molecule has 0 spiro atoms. The van der Waals surface area contributed by atoms with Gasteiger partial charge < -0.3 is 28.6 Å². The van der Waals surface area contributed by atoms with Crippen molar-refractivity contribution in [3.8, 4) is 0 Å². The summed E-state index contributed by atoms with van der Waals surface area (Å²) >= 11 is 0. The highest BCUT2D eigenvalue weighted by atomic mass is 16.6. The van der Waals surface area contributed by atoms with Crippen molar-refractivity contribution < 1.29 is 38.2 Å². The van der Waals surface area contributed by atoms with Crippen molar-refractivity contribution in [3.05, 3.63) is 36.5 Å². The van der Waals surface area contributed by atoms with Crippen molar-refractivity contribution in [2.45, 2.75) is 270 Å². The molecule has 0 saturated carbocycles. The lowest BCUT2D eigenvalue weighted by Crippen LogP contribution is -2.55. The van der Waals surface area contributed by atoms with Gasteiger partial charge in [-0.15, -0.1) is 0 Å². The van der Waals surface area contributed by atoms with Gasteiger partial charge in [-0.3, -0.25) is 9.59 Å². The van der Waals surface area contributed by atoms with Crippen LogP contribution in [0, 0.1) is 0 Å². The van der Waals surface area contributed by atoms with E-state index in [4.69, 9.17) is 14.2 Å². The van der Waals surface area contributed by atoms with Crippen LogP contribution >= 0.6 is 0 Å². The molecule has 0 saturated heterocycles. The Bertz CT molecular complexity index is 1160. The Labute approximate surface area is 402 Å². The average molecular weight is 916 g/mol. The Kier molecular flexibility index (Phi) is 46.2. The summed E-state index contributed by atoms with van der Waals surface area (Å²) in [7, 11) is 5.42. The fourth-order valence-corrected chi connectivity index (χ4v) is 8.31. The van der Waals surface area contributed by atoms with Gasteiger partial charge in [0.25, 0.3) is 0 Å². The Morgan fingerprint density at radius 1 is 0.462 bits per heavy atom. The summed E-state index contributed by atoms with van der Waals surface area (Å²) in [6.45, 7) is 4.67. The summed E-state index contributed by atoms with van der Waals surface area (Å²) in [5.41, 5.74) is 0. The van der Waals surface area contributed by atoms with Gasteiger partial charge in [-0.2, -0.15) is 0 Å². The number of hydrogen-bond donors (Lipinski definition) is 0. The van der Waals surface area contributed by atoms with Crippen LogP contribution < -0.4 is 5.11 Å². The summed E-state index contributed by atoms with van der Waals surface area (Å²) in [4.78, 5) is 37.1. The van der Waals surface area contributed by atoms with Gasteiger partial charge in [0.2, 0.25) is 0 Å². The second-order valence-electron chi connectivity index (χ2n) is 19.9. The molecule has 2 atom stereocenters. The van der Waals surface area contributed by atoms with E-state index in [1.807, 2.05) is 0 Å². The number of nitrogens with zero attached hydrogens (tertiary/aromatic N) is 1. The number of unbranched alkanes of at least 4 members (excludes halogenated alkanes) is 32. The van der Waals surface area contributed by atoms with E-state index in [-0.39, 0.29) is 42.7 Å². The van der Waals surface area contributed by atoms with Crippen molar-refractivity contribution in [1.29, 1.82) is 0 Å². The number of allylic oxidation sites excluding steroid dienone is 6. The van der Waals surface area contributed by atoms with Gasteiger partial charge in [-0.1, -0.05) is 237 Å². The molecule has 0 aliphatic rings. The maximum atomic E-state index is 12.8. The van der Waals surface area contributed by atoms with Gasteiger partial charge in [0.05, 0.1) is 40.3 Å². The van der Waals surface area contributed by atoms with Crippen molar-refractivity contribution >= 4 is 17.9 Å². The van der Waals surface area contributed by atoms with Gasteiger partial charge in [-0.25, -0.2) is 0 Å². The molecule has 65 heavy (non-hydrogen) atoms. The van der Waals surface area contributed by atoms with Crippen molar-refractivity contribution in [2.75, 3.05) is 41.0 Å². The number of aliphatic carboxylic acids is 1. The first kappa shape index (κ1) is 62.5. The number of hydrogen-bond acceptors (Lipinski definition) is 7. The fraction of sp³-hybridized carbons (Fsp3) is 0.842. The molecule has 0 rings (SSSR count). The summed E-state index contributed by atoms with van der Waals surface area (Å²) in [6.07, 6.45) is 57.5. The summed E-state index contributed by atoms with van der Waals surface area (Å²) in [6, 6.07) is -0.729. The standard InChI is InChI=1S/C57H105NO7/c1-6-8-10-12-14-16-18-20-22-24-26-27-28-29-30-32-33-35-37-39-41-43-45-47-55(59)64-52-53(51-63-50-49-54(57(61)62)58(3,4)5)65-56(60)48-46-44-42-40-38-36-34-31-25-23-21-19-17-15-13-11-9-7-2/h19,21,23,25,31,34,53-54H,6-18,20,22,24,26-30,32-33,35-52H2,1-5H3/b21-19+,25-23+,34-31+. The van der Waals surface area contributed by atoms with Crippen LogP contribution in [0.1, 0.15) is 258 Å². The van der Waals surface area contributed by atoms with Gasteiger partial charge >= 0.3 is 11.9 Å². The fourth-order valence-electron chi connectivity index (χ4n) is 8.31. The molecule has 0 amide bonds.